The van der Waals surface area contributed by atoms with Crippen molar-refractivity contribution in [2.75, 3.05) is 39.0 Å². The van der Waals surface area contributed by atoms with Gasteiger partial charge in [-0.1, -0.05) is 12.1 Å². The Morgan fingerprint density at radius 1 is 1.42 bits per heavy atom. The van der Waals surface area contributed by atoms with Gasteiger partial charge in [0, 0.05) is 45.0 Å². The van der Waals surface area contributed by atoms with E-state index >= 15 is 0 Å². The number of carbonyl (C=O) groups is 1. The number of aromatic nitrogens is 2. The zero-order valence-corrected chi connectivity index (χ0v) is 17.7. The van der Waals surface area contributed by atoms with Crippen molar-refractivity contribution >= 4 is 11.6 Å². The smallest absolute Gasteiger partial charge is 0.398 e. The van der Waals surface area contributed by atoms with Crippen molar-refractivity contribution in [2.45, 2.75) is 38.6 Å². The summed E-state index contributed by atoms with van der Waals surface area (Å²) in [6.07, 6.45) is -2.47. The van der Waals surface area contributed by atoms with Crippen LogP contribution in [0, 0.1) is 6.92 Å². The largest absolute Gasteiger partial charge is 0.432 e. The second kappa shape index (κ2) is 9.69. The van der Waals surface area contributed by atoms with Crippen molar-refractivity contribution in [3.63, 3.8) is 0 Å². The number of H-pyrrole nitrogens is 1. The van der Waals surface area contributed by atoms with Crippen LogP contribution < -0.4 is 5.73 Å². The van der Waals surface area contributed by atoms with Gasteiger partial charge in [-0.3, -0.25) is 14.8 Å². The first kappa shape index (κ1) is 23.1. The standard InChI is InChI=1S/C21H28F3N5O2/c1-14-5-3-7-17(25)16(14)13-29(10-9-28-8-4-6-15(12-28)31-2)20(30)18-11-19(27-26-18)21(22,23)24/h3,5,7,11,15H,4,6,8-10,12-13,25H2,1-2H3,(H,26,27). The fourth-order valence-electron chi connectivity index (χ4n) is 3.79. The van der Waals surface area contributed by atoms with Crippen LogP contribution in [-0.2, 0) is 17.5 Å². The van der Waals surface area contributed by atoms with Crippen molar-refractivity contribution in [2.24, 2.45) is 0 Å². The van der Waals surface area contributed by atoms with Crippen molar-refractivity contribution in [3.05, 3.63) is 46.8 Å². The third-order valence-corrected chi connectivity index (χ3v) is 5.67. The predicted octanol–water partition coefficient (Wildman–Crippen LogP) is 3.07. The molecule has 2 aromatic rings. The number of anilines is 1. The van der Waals surface area contributed by atoms with E-state index in [0.29, 0.717) is 18.8 Å². The summed E-state index contributed by atoms with van der Waals surface area (Å²) in [6, 6.07) is 6.20. The number of hydrogen-bond acceptors (Lipinski definition) is 5. The molecule has 0 aliphatic carbocycles. The number of nitrogens with two attached hydrogens (primary N) is 1. The monoisotopic (exact) mass is 439 g/mol. The number of rotatable bonds is 7. The first-order valence-electron chi connectivity index (χ1n) is 10.2. The lowest BCUT2D eigenvalue weighted by molar-refractivity contribution is -0.141. The molecule has 1 atom stereocenters. The summed E-state index contributed by atoms with van der Waals surface area (Å²) in [5.41, 5.74) is 7.01. The number of halogens is 3. The van der Waals surface area contributed by atoms with Crippen molar-refractivity contribution in [3.8, 4) is 0 Å². The number of nitrogen functional groups attached to an aromatic ring is 1. The average Bonchev–Trinajstić information content (AvgIpc) is 3.23. The summed E-state index contributed by atoms with van der Waals surface area (Å²) < 4.78 is 44.3. The highest BCUT2D eigenvalue weighted by atomic mass is 19.4. The number of piperidine rings is 1. The molecule has 1 unspecified atom stereocenters. The molecule has 0 saturated carbocycles. The van der Waals surface area contributed by atoms with Crippen LogP contribution in [0.15, 0.2) is 24.3 Å². The minimum atomic E-state index is -4.60. The third-order valence-electron chi connectivity index (χ3n) is 5.67. The van der Waals surface area contributed by atoms with Crippen LogP contribution in [0.25, 0.3) is 0 Å². The molecular formula is C21H28F3N5O2. The van der Waals surface area contributed by atoms with Crippen LogP contribution in [0.1, 0.15) is 40.2 Å². The number of nitrogens with zero attached hydrogens (tertiary/aromatic N) is 3. The molecule has 31 heavy (non-hydrogen) atoms. The van der Waals surface area contributed by atoms with Crippen molar-refractivity contribution in [1.29, 1.82) is 0 Å². The summed E-state index contributed by atoms with van der Waals surface area (Å²) in [6.45, 7) is 4.62. The molecule has 1 aliphatic heterocycles. The van der Waals surface area contributed by atoms with E-state index in [9.17, 15) is 18.0 Å². The van der Waals surface area contributed by atoms with Gasteiger partial charge in [0.25, 0.3) is 5.91 Å². The maximum Gasteiger partial charge on any atom is 0.432 e. The summed E-state index contributed by atoms with van der Waals surface area (Å²) in [7, 11) is 1.68. The zero-order valence-electron chi connectivity index (χ0n) is 17.7. The van der Waals surface area contributed by atoms with Gasteiger partial charge >= 0.3 is 6.18 Å². The number of carbonyl (C=O) groups excluding carboxylic acids is 1. The second-order valence-electron chi connectivity index (χ2n) is 7.83. The van der Waals surface area contributed by atoms with Crippen LogP contribution in [0.4, 0.5) is 18.9 Å². The highest BCUT2D eigenvalue weighted by Crippen LogP contribution is 2.28. The zero-order chi connectivity index (χ0) is 22.6. The summed E-state index contributed by atoms with van der Waals surface area (Å²) in [4.78, 5) is 16.8. The van der Waals surface area contributed by atoms with Gasteiger partial charge in [0.15, 0.2) is 5.69 Å². The number of nitrogens with one attached hydrogen (secondary N) is 1. The minimum absolute atomic E-state index is 0.144. The average molecular weight is 439 g/mol. The van der Waals surface area contributed by atoms with Crippen LogP contribution in [0.3, 0.4) is 0 Å². The molecule has 0 radical (unpaired) electrons. The van der Waals surface area contributed by atoms with Gasteiger partial charge in [-0.2, -0.15) is 18.3 Å². The Labute approximate surface area is 179 Å². The maximum absolute atomic E-state index is 13.1. The molecule has 3 rings (SSSR count). The van der Waals surface area contributed by atoms with Crippen LogP contribution >= 0.6 is 0 Å². The lowest BCUT2D eigenvalue weighted by atomic mass is 10.1. The first-order chi connectivity index (χ1) is 14.7. The van der Waals surface area contributed by atoms with E-state index in [1.807, 2.05) is 24.2 Å². The highest BCUT2D eigenvalue weighted by molar-refractivity contribution is 5.92. The van der Waals surface area contributed by atoms with Gasteiger partial charge in [-0.05, 0) is 43.5 Å². The number of methoxy groups -OCH3 is 1. The Kier molecular flexibility index (Phi) is 7.22. The van der Waals surface area contributed by atoms with Crippen LogP contribution in [0.2, 0.25) is 0 Å². The van der Waals surface area contributed by atoms with Gasteiger partial charge in [0.2, 0.25) is 0 Å². The molecule has 1 amide bonds. The van der Waals surface area contributed by atoms with Crippen molar-refractivity contribution < 1.29 is 22.7 Å². The molecular weight excluding hydrogens is 411 g/mol. The van der Waals surface area contributed by atoms with E-state index in [1.54, 1.807) is 13.2 Å². The SMILES string of the molecule is COC1CCCN(CCN(Cc2c(C)cccc2N)C(=O)c2cc(C(F)(F)F)[nH]n2)C1. The number of ether oxygens (including phenoxy) is 1. The molecule has 1 fully saturated rings. The lowest BCUT2D eigenvalue weighted by Crippen LogP contribution is -2.44. The van der Waals surface area contributed by atoms with Crippen LogP contribution in [-0.4, -0.2) is 65.3 Å². The van der Waals surface area contributed by atoms with E-state index in [2.05, 4.69) is 10.00 Å². The Bertz CT molecular complexity index is 879. The Morgan fingerprint density at radius 3 is 2.84 bits per heavy atom. The van der Waals surface area contributed by atoms with E-state index in [1.165, 1.54) is 4.90 Å². The summed E-state index contributed by atoms with van der Waals surface area (Å²) in [5, 5.41) is 5.52. The minimum Gasteiger partial charge on any atom is -0.398 e. The molecule has 0 spiro atoms. The number of aryl methyl sites for hydroxylation is 1. The number of benzene rings is 1. The number of alkyl halides is 3. The highest BCUT2D eigenvalue weighted by Gasteiger charge is 2.34. The number of likely N-dealkylation sites (tertiary alicyclic amines) is 1. The van der Waals surface area contributed by atoms with Gasteiger partial charge in [0.05, 0.1) is 6.10 Å². The molecule has 7 nitrogen and oxygen atoms in total. The van der Waals surface area contributed by atoms with Crippen molar-refractivity contribution in [1.82, 2.24) is 20.0 Å². The molecule has 1 aromatic heterocycles. The fourth-order valence-corrected chi connectivity index (χ4v) is 3.79. The van der Waals surface area contributed by atoms with E-state index in [-0.39, 0.29) is 18.3 Å². The van der Waals surface area contributed by atoms with E-state index in [0.717, 1.165) is 43.1 Å². The molecule has 170 valence electrons. The number of amides is 1. The fraction of sp³-hybridized carbons (Fsp3) is 0.524. The Morgan fingerprint density at radius 2 is 2.19 bits per heavy atom. The quantitative estimate of drug-likeness (QED) is 0.648. The molecule has 1 aromatic carbocycles. The second-order valence-corrected chi connectivity index (χ2v) is 7.83. The van der Waals surface area contributed by atoms with Gasteiger partial charge in [-0.15, -0.1) is 0 Å². The molecule has 2 heterocycles. The molecule has 1 saturated heterocycles. The van der Waals surface area contributed by atoms with E-state index < -0.39 is 17.8 Å². The molecule has 0 bridgehead atoms. The van der Waals surface area contributed by atoms with E-state index in [4.69, 9.17) is 10.5 Å². The maximum atomic E-state index is 13.1. The summed E-state index contributed by atoms with van der Waals surface area (Å²) >= 11 is 0. The third kappa shape index (κ3) is 5.76. The molecule has 10 heteroatoms. The lowest BCUT2D eigenvalue weighted by Gasteiger charge is -2.33. The Hall–Kier alpha value is -2.59. The topological polar surface area (TPSA) is 87.5 Å². The van der Waals surface area contributed by atoms with Gasteiger partial charge in [0.1, 0.15) is 5.69 Å². The van der Waals surface area contributed by atoms with Crippen LogP contribution in [0.5, 0.6) is 0 Å². The number of aromatic amines is 1. The normalized spacial score (nSPS) is 17.6. The van der Waals surface area contributed by atoms with Gasteiger partial charge < -0.3 is 15.4 Å². The summed E-state index contributed by atoms with van der Waals surface area (Å²) in [5.74, 6) is -0.574. The predicted molar refractivity (Wildman–Crippen MR) is 110 cm³/mol. The first-order valence-corrected chi connectivity index (χ1v) is 10.2. The van der Waals surface area contributed by atoms with Gasteiger partial charge in [-0.25, -0.2) is 0 Å². The Balaban J connectivity index is 1.79. The molecule has 1 aliphatic rings. The molecule has 3 N–H and O–H groups in total. The number of hydrogen-bond donors (Lipinski definition) is 2.